The molecule has 1 aromatic carbocycles. The predicted molar refractivity (Wildman–Crippen MR) is 109 cm³/mol. The molecule has 5 amide bonds. The van der Waals surface area contributed by atoms with Gasteiger partial charge < -0.3 is 9.64 Å². The maximum absolute atomic E-state index is 12.9. The topological polar surface area (TPSA) is 87.2 Å². The predicted octanol–water partition coefficient (Wildman–Crippen LogP) is 3.19. The van der Waals surface area contributed by atoms with Gasteiger partial charge in [-0.15, -0.1) is 0 Å². The van der Waals surface area contributed by atoms with Gasteiger partial charge in [-0.25, -0.2) is 14.5 Å². The average molecular weight is 415 g/mol. The van der Waals surface area contributed by atoms with E-state index in [-0.39, 0.29) is 18.6 Å². The molecule has 0 saturated carbocycles. The molecule has 2 aliphatic rings. The maximum atomic E-state index is 12.9. The first-order valence-corrected chi connectivity index (χ1v) is 10.3. The van der Waals surface area contributed by atoms with Gasteiger partial charge in [-0.1, -0.05) is 30.3 Å². The molecule has 1 atom stereocenters. The van der Waals surface area contributed by atoms with E-state index in [0.717, 1.165) is 15.4 Å². The van der Waals surface area contributed by atoms with Gasteiger partial charge >= 0.3 is 23.9 Å². The van der Waals surface area contributed by atoms with Crippen LogP contribution < -0.4 is 0 Å². The van der Waals surface area contributed by atoms with Crippen molar-refractivity contribution in [3.05, 3.63) is 35.9 Å². The third kappa shape index (κ3) is 4.63. The van der Waals surface area contributed by atoms with E-state index in [9.17, 15) is 19.2 Å². The van der Waals surface area contributed by atoms with Gasteiger partial charge in [0.05, 0.1) is 6.04 Å². The van der Waals surface area contributed by atoms with Crippen molar-refractivity contribution < 1.29 is 23.9 Å². The summed E-state index contributed by atoms with van der Waals surface area (Å²) in [5.74, 6) is -1.53. The number of amides is 5. The summed E-state index contributed by atoms with van der Waals surface area (Å²) in [6.07, 6.45) is 0.921. The minimum atomic E-state index is -0.789. The zero-order chi connectivity index (χ0) is 22.1. The van der Waals surface area contributed by atoms with Gasteiger partial charge in [0.15, 0.2) is 0 Å². The van der Waals surface area contributed by atoms with Crippen molar-refractivity contribution in [3.8, 4) is 0 Å². The number of benzene rings is 1. The van der Waals surface area contributed by atoms with E-state index in [2.05, 4.69) is 0 Å². The molecule has 8 nitrogen and oxygen atoms in total. The van der Waals surface area contributed by atoms with E-state index >= 15 is 0 Å². The summed E-state index contributed by atoms with van der Waals surface area (Å²) in [6.45, 7) is 8.37. The molecule has 1 aromatic rings. The van der Waals surface area contributed by atoms with E-state index in [1.165, 1.54) is 0 Å². The van der Waals surface area contributed by atoms with E-state index in [4.69, 9.17) is 4.74 Å². The molecular weight excluding hydrogens is 386 g/mol. The highest BCUT2D eigenvalue weighted by Gasteiger charge is 2.47. The zero-order valence-corrected chi connectivity index (χ0v) is 18.0. The van der Waals surface area contributed by atoms with Crippen molar-refractivity contribution in [2.45, 2.75) is 52.2 Å². The Bertz CT molecular complexity index is 825. The first-order valence-electron chi connectivity index (χ1n) is 10.3. The van der Waals surface area contributed by atoms with Gasteiger partial charge in [0.25, 0.3) is 0 Å². The summed E-state index contributed by atoms with van der Waals surface area (Å²) in [5, 5.41) is 0. The molecule has 30 heavy (non-hydrogen) atoms. The summed E-state index contributed by atoms with van der Waals surface area (Å²) in [6, 6.07) is 8.06. The van der Waals surface area contributed by atoms with Crippen LogP contribution >= 0.6 is 0 Å². The molecule has 162 valence electrons. The van der Waals surface area contributed by atoms with Crippen LogP contribution in [0.5, 0.6) is 0 Å². The lowest BCUT2D eigenvalue weighted by molar-refractivity contribution is -0.144. The van der Waals surface area contributed by atoms with E-state index in [0.29, 0.717) is 25.9 Å². The average Bonchev–Trinajstić information content (AvgIpc) is 2.90. The Morgan fingerprint density at radius 2 is 1.67 bits per heavy atom. The maximum Gasteiger partial charge on any atom is 0.410 e. The van der Waals surface area contributed by atoms with Crippen LogP contribution in [0.25, 0.3) is 0 Å². The lowest BCUT2D eigenvalue weighted by Crippen LogP contribution is -2.45. The Morgan fingerprint density at radius 1 is 1.07 bits per heavy atom. The number of piperidine rings is 1. The first-order chi connectivity index (χ1) is 14.1. The number of imide groups is 2. The molecule has 2 saturated heterocycles. The van der Waals surface area contributed by atoms with Gasteiger partial charge in [0.1, 0.15) is 5.60 Å². The van der Waals surface area contributed by atoms with Crippen LogP contribution in [-0.4, -0.2) is 63.9 Å². The standard InChI is InChI=1S/C22H29N3O5/c1-15(17-8-6-5-7-9-17)25-19(27)18(26)24(20(25)28)14-16-10-12-23(13-11-16)21(29)30-22(2,3)4/h5-9,15-16H,10-14H2,1-4H3/t15-/m1/s1. The minimum Gasteiger partial charge on any atom is -0.444 e. The monoisotopic (exact) mass is 415 g/mol. The third-order valence-corrected chi connectivity index (χ3v) is 5.46. The SMILES string of the molecule is C[C@H](c1ccccc1)N1C(=O)C(=O)N(CC2CCN(C(=O)OC(C)(C)C)CC2)C1=O. The molecule has 2 aliphatic heterocycles. The second-order valence-electron chi connectivity index (χ2n) is 8.87. The summed E-state index contributed by atoms with van der Waals surface area (Å²) < 4.78 is 5.39. The molecule has 0 aromatic heterocycles. The largest absolute Gasteiger partial charge is 0.444 e. The fraction of sp³-hybridized carbons (Fsp3) is 0.545. The molecule has 8 heteroatoms. The number of nitrogens with zero attached hydrogens (tertiary/aromatic N) is 3. The van der Waals surface area contributed by atoms with Gasteiger partial charge in [-0.05, 0) is 52.0 Å². The smallest absolute Gasteiger partial charge is 0.410 e. The number of hydrogen-bond donors (Lipinski definition) is 0. The second-order valence-corrected chi connectivity index (χ2v) is 8.87. The van der Waals surface area contributed by atoms with Gasteiger partial charge in [0.2, 0.25) is 0 Å². The Labute approximate surface area is 176 Å². The molecule has 0 unspecified atom stereocenters. The van der Waals surface area contributed by atoms with E-state index < -0.39 is 29.5 Å². The van der Waals surface area contributed by atoms with Crippen molar-refractivity contribution in [1.82, 2.24) is 14.7 Å². The van der Waals surface area contributed by atoms with Gasteiger partial charge in [0, 0.05) is 19.6 Å². The lowest BCUT2D eigenvalue weighted by Gasteiger charge is -2.34. The highest BCUT2D eigenvalue weighted by molar-refractivity contribution is 6.44. The number of rotatable bonds is 4. The number of carbonyl (C=O) groups is 4. The van der Waals surface area contributed by atoms with E-state index in [1.54, 1.807) is 11.8 Å². The molecule has 2 fully saturated rings. The van der Waals surface area contributed by atoms with Crippen LogP contribution in [-0.2, 0) is 14.3 Å². The Hall–Kier alpha value is -2.90. The summed E-state index contributed by atoms with van der Waals surface area (Å²) in [4.78, 5) is 53.8. The fourth-order valence-corrected chi connectivity index (χ4v) is 3.79. The fourth-order valence-electron chi connectivity index (χ4n) is 3.79. The summed E-state index contributed by atoms with van der Waals surface area (Å²) in [7, 11) is 0. The quantitative estimate of drug-likeness (QED) is 0.557. The zero-order valence-electron chi connectivity index (χ0n) is 18.0. The Kier molecular flexibility index (Phi) is 6.14. The van der Waals surface area contributed by atoms with Gasteiger partial charge in [-0.2, -0.15) is 0 Å². The molecule has 3 rings (SSSR count). The molecule has 0 spiro atoms. The van der Waals surface area contributed by atoms with Crippen LogP contribution in [0, 0.1) is 5.92 Å². The Morgan fingerprint density at radius 3 is 2.23 bits per heavy atom. The van der Waals surface area contributed by atoms with Crippen molar-refractivity contribution in [2.24, 2.45) is 5.92 Å². The molecule has 0 radical (unpaired) electrons. The molecule has 0 N–H and O–H groups in total. The van der Waals surface area contributed by atoms with Crippen molar-refractivity contribution in [3.63, 3.8) is 0 Å². The summed E-state index contributed by atoms with van der Waals surface area (Å²) in [5.41, 5.74) is 0.237. The lowest BCUT2D eigenvalue weighted by atomic mass is 9.96. The van der Waals surface area contributed by atoms with Crippen LogP contribution in [0.1, 0.15) is 52.1 Å². The first kappa shape index (κ1) is 21.8. The number of urea groups is 1. The van der Waals surface area contributed by atoms with Crippen molar-refractivity contribution in [2.75, 3.05) is 19.6 Å². The van der Waals surface area contributed by atoms with Crippen molar-refractivity contribution in [1.29, 1.82) is 0 Å². The van der Waals surface area contributed by atoms with Crippen LogP contribution in [0.15, 0.2) is 30.3 Å². The van der Waals surface area contributed by atoms with E-state index in [1.807, 2.05) is 51.1 Å². The summed E-state index contributed by atoms with van der Waals surface area (Å²) >= 11 is 0. The highest BCUT2D eigenvalue weighted by atomic mass is 16.6. The van der Waals surface area contributed by atoms with Crippen LogP contribution in [0.4, 0.5) is 9.59 Å². The van der Waals surface area contributed by atoms with Crippen LogP contribution in [0.3, 0.4) is 0 Å². The highest BCUT2D eigenvalue weighted by Crippen LogP contribution is 2.28. The third-order valence-electron chi connectivity index (χ3n) is 5.46. The molecule has 2 heterocycles. The molecular formula is C22H29N3O5. The van der Waals surface area contributed by atoms with Crippen molar-refractivity contribution >= 4 is 23.9 Å². The molecule has 0 aliphatic carbocycles. The minimum absolute atomic E-state index is 0.0383. The number of carbonyl (C=O) groups excluding carboxylic acids is 4. The Balaban J connectivity index is 1.60. The normalized spacial score (nSPS) is 19.5. The second kappa shape index (κ2) is 8.45. The number of hydrogen-bond acceptors (Lipinski definition) is 5. The molecule has 0 bridgehead atoms. The van der Waals surface area contributed by atoms with Crippen LogP contribution in [0.2, 0.25) is 0 Å². The number of ether oxygens (including phenoxy) is 1. The van der Waals surface area contributed by atoms with Gasteiger partial charge in [-0.3, -0.25) is 14.5 Å². The number of likely N-dealkylation sites (tertiary alicyclic amines) is 1.